The fraction of sp³-hybridized carbons (Fsp3) is 0.300. The van der Waals surface area contributed by atoms with Crippen LogP contribution in [0.3, 0.4) is 0 Å². The van der Waals surface area contributed by atoms with Crippen LogP contribution in [0.15, 0.2) is 16.6 Å². The lowest BCUT2D eigenvalue weighted by atomic mass is 10.1. The lowest BCUT2D eigenvalue weighted by Crippen LogP contribution is -2.00. The molecular weight excluding hydrogens is 251 g/mol. The average molecular weight is 261 g/mol. The molecule has 0 aliphatic carbocycles. The van der Waals surface area contributed by atoms with Crippen LogP contribution >= 0.6 is 15.9 Å². The van der Waals surface area contributed by atoms with Crippen LogP contribution in [0, 0.1) is 5.82 Å². The minimum absolute atomic E-state index is 0.197. The van der Waals surface area contributed by atoms with Gasteiger partial charge in [-0.3, -0.25) is 4.79 Å². The Morgan fingerprint density at radius 2 is 2.21 bits per heavy atom. The third-order valence-electron chi connectivity index (χ3n) is 1.68. The number of hydrogen-bond acceptors (Lipinski definition) is 2. The molecule has 0 saturated heterocycles. The van der Waals surface area contributed by atoms with Crippen molar-refractivity contribution in [3.05, 3.63) is 28.0 Å². The van der Waals surface area contributed by atoms with E-state index in [1.54, 1.807) is 6.92 Å². The first-order valence-corrected chi connectivity index (χ1v) is 4.98. The van der Waals surface area contributed by atoms with Crippen LogP contribution in [0.2, 0.25) is 0 Å². The summed E-state index contributed by atoms with van der Waals surface area (Å²) in [4.78, 5) is 11.1. The molecule has 0 aliphatic heterocycles. The minimum Gasteiger partial charge on any atom is -0.493 e. The quantitative estimate of drug-likeness (QED) is 0.781. The van der Waals surface area contributed by atoms with Gasteiger partial charge in [-0.2, -0.15) is 0 Å². The number of hydrogen-bond donors (Lipinski definition) is 0. The van der Waals surface area contributed by atoms with E-state index in [9.17, 15) is 9.18 Å². The zero-order valence-electron chi connectivity index (χ0n) is 7.93. The lowest BCUT2D eigenvalue weighted by Gasteiger charge is -2.08. The summed E-state index contributed by atoms with van der Waals surface area (Å²) in [5.41, 5.74) is 0.299. The highest BCUT2D eigenvalue weighted by molar-refractivity contribution is 9.10. The topological polar surface area (TPSA) is 26.3 Å². The highest BCUT2D eigenvalue weighted by Crippen LogP contribution is 2.30. The van der Waals surface area contributed by atoms with E-state index in [2.05, 4.69) is 15.9 Å². The van der Waals surface area contributed by atoms with Crippen LogP contribution in [0.1, 0.15) is 24.2 Å². The van der Waals surface area contributed by atoms with E-state index in [-0.39, 0.29) is 5.78 Å². The van der Waals surface area contributed by atoms with Gasteiger partial charge in [0.05, 0.1) is 11.1 Å². The van der Waals surface area contributed by atoms with Gasteiger partial charge in [0.15, 0.2) is 5.78 Å². The van der Waals surface area contributed by atoms with E-state index in [0.717, 1.165) is 0 Å². The van der Waals surface area contributed by atoms with Crippen molar-refractivity contribution in [2.45, 2.75) is 13.8 Å². The summed E-state index contributed by atoms with van der Waals surface area (Å²) in [5.74, 6) is -0.308. The first-order chi connectivity index (χ1) is 6.56. The van der Waals surface area contributed by atoms with Gasteiger partial charge < -0.3 is 4.74 Å². The summed E-state index contributed by atoms with van der Waals surface area (Å²) in [6, 6.07) is 2.44. The molecule has 0 fully saturated rings. The monoisotopic (exact) mass is 260 g/mol. The van der Waals surface area contributed by atoms with Crippen molar-refractivity contribution < 1.29 is 13.9 Å². The summed E-state index contributed by atoms with van der Waals surface area (Å²) in [5, 5.41) is 0. The molecule has 0 spiro atoms. The number of carbonyl (C=O) groups excluding carboxylic acids is 1. The highest BCUT2D eigenvalue weighted by atomic mass is 79.9. The number of rotatable bonds is 3. The van der Waals surface area contributed by atoms with Crippen LogP contribution in [-0.4, -0.2) is 12.4 Å². The molecule has 0 aromatic heterocycles. The second-order valence-corrected chi connectivity index (χ2v) is 3.55. The number of Topliss-reactive ketones (excluding diaryl/α,β-unsaturated/α-hetero) is 1. The second kappa shape index (κ2) is 4.55. The van der Waals surface area contributed by atoms with Crippen LogP contribution in [-0.2, 0) is 0 Å². The highest BCUT2D eigenvalue weighted by Gasteiger charge is 2.12. The molecule has 0 amide bonds. The fourth-order valence-electron chi connectivity index (χ4n) is 1.08. The van der Waals surface area contributed by atoms with Gasteiger partial charge in [0.25, 0.3) is 0 Å². The van der Waals surface area contributed by atoms with Gasteiger partial charge in [-0.15, -0.1) is 0 Å². The Hall–Kier alpha value is -0.900. The van der Waals surface area contributed by atoms with Gasteiger partial charge in [-0.25, -0.2) is 4.39 Å². The Kier molecular flexibility index (Phi) is 3.63. The molecule has 0 unspecified atom stereocenters. The Bertz CT molecular complexity index is 363. The number of ether oxygens (including phenoxy) is 1. The molecule has 76 valence electrons. The molecule has 2 nitrogen and oxygen atoms in total. The predicted molar refractivity (Wildman–Crippen MR) is 55.3 cm³/mol. The molecule has 0 N–H and O–H groups in total. The van der Waals surface area contributed by atoms with Crippen molar-refractivity contribution in [2.24, 2.45) is 0 Å². The molecule has 0 atom stereocenters. The van der Waals surface area contributed by atoms with Crippen LogP contribution in [0.5, 0.6) is 5.75 Å². The average Bonchev–Trinajstić information content (AvgIpc) is 2.10. The van der Waals surface area contributed by atoms with Crippen molar-refractivity contribution in [1.29, 1.82) is 0 Å². The number of halogens is 2. The summed E-state index contributed by atoms with van der Waals surface area (Å²) >= 11 is 3.20. The SMILES string of the molecule is CCOc1cc(F)cc(C(C)=O)c1Br. The molecule has 4 heteroatoms. The first-order valence-electron chi connectivity index (χ1n) is 4.19. The zero-order chi connectivity index (χ0) is 10.7. The molecule has 0 radical (unpaired) electrons. The van der Waals surface area contributed by atoms with E-state index < -0.39 is 5.82 Å². The summed E-state index contributed by atoms with van der Waals surface area (Å²) in [7, 11) is 0. The van der Waals surface area contributed by atoms with Crippen molar-refractivity contribution in [3.8, 4) is 5.75 Å². The van der Waals surface area contributed by atoms with Gasteiger partial charge in [0, 0.05) is 11.6 Å². The van der Waals surface area contributed by atoms with Gasteiger partial charge in [0.1, 0.15) is 11.6 Å². The third-order valence-corrected chi connectivity index (χ3v) is 2.50. The van der Waals surface area contributed by atoms with Crippen LogP contribution in [0.4, 0.5) is 4.39 Å². The Balaban J connectivity index is 3.24. The number of ketones is 1. The molecule has 1 aromatic rings. The maximum absolute atomic E-state index is 13.0. The van der Waals surface area contributed by atoms with Crippen LogP contribution in [0.25, 0.3) is 0 Å². The molecule has 0 saturated carbocycles. The minimum atomic E-state index is -0.471. The lowest BCUT2D eigenvalue weighted by molar-refractivity contribution is 0.101. The molecule has 0 heterocycles. The molecule has 1 rings (SSSR count). The maximum Gasteiger partial charge on any atom is 0.161 e. The smallest absolute Gasteiger partial charge is 0.161 e. The van der Waals surface area contributed by atoms with Crippen molar-refractivity contribution in [2.75, 3.05) is 6.61 Å². The molecular formula is C10H10BrFO2. The Morgan fingerprint density at radius 3 is 2.71 bits per heavy atom. The standard InChI is InChI=1S/C10H10BrFO2/c1-3-14-9-5-7(12)4-8(6(2)13)10(9)11/h4-5H,3H2,1-2H3. The summed E-state index contributed by atoms with van der Waals surface area (Å²) < 4.78 is 18.7. The zero-order valence-corrected chi connectivity index (χ0v) is 9.52. The maximum atomic E-state index is 13.0. The van der Waals surface area contributed by atoms with E-state index in [4.69, 9.17) is 4.74 Å². The van der Waals surface area contributed by atoms with E-state index in [1.165, 1.54) is 19.1 Å². The molecule has 1 aromatic carbocycles. The normalized spacial score (nSPS) is 10.0. The van der Waals surface area contributed by atoms with E-state index in [0.29, 0.717) is 22.4 Å². The van der Waals surface area contributed by atoms with Gasteiger partial charge in [-0.1, -0.05) is 0 Å². The van der Waals surface area contributed by atoms with E-state index >= 15 is 0 Å². The van der Waals surface area contributed by atoms with Crippen molar-refractivity contribution in [3.63, 3.8) is 0 Å². The van der Waals surface area contributed by atoms with Gasteiger partial charge >= 0.3 is 0 Å². The first kappa shape index (κ1) is 11.2. The molecule has 14 heavy (non-hydrogen) atoms. The second-order valence-electron chi connectivity index (χ2n) is 2.75. The van der Waals surface area contributed by atoms with Crippen LogP contribution < -0.4 is 4.74 Å². The number of carbonyl (C=O) groups is 1. The Morgan fingerprint density at radius 1 is 1.57 bits per heavy atom. The predicted octanol–water partition coefficient (Wildman–Crippen LogP) is 3.19. The van der Waals surface area contributed by atoms with Gasteiger partial charge in [0.2, 0.25) is 0 Å². The molecule has 0 bridgehead atoms. The fourth-order valence-corrected chi connectivity index (χ4v) is 1.70. The van der Waals surface area contributed by atoms with Crippen molar-refractivity contribution >= 4 is 21.7 Å². The summed E-state index contributed by atoms with van der Waals surface area (Å²) in [6.07, 6.45) is 0. The third kappa shape index (κ3) is 2.32. The molecule has 0 aliphatic rings. The van der Waals surface area contributed by atoms with Crippen molar-refractivity contribution in [1.82, 2.24) is 0 Å². The van der Waals surface area contributed by atoms with Gasteiger partial charge in [-0.05, 0) is 35.8 Å². The van der Waals surface area contributed by atoms with E-state index in [1.807, 2.05) is 0 Å². The Labute approximate surface area is 90.2 Å². The summed E-state index contributed by atoms with van der Waals surface area (Å²) in [6.45, 7) is 3.61. The number of benzene rings is 1. The largest absolute Gasteiger partial charge is 0.493 e.